The number of amides is 2. The first-order valence-electron chi connectivity index (χ1n) is 11.0. The van der Waals surface area contributed by atoms with Gasteiger partial charge in [-0.1, -0.05) is 18.2 Å². The van der Waals surface area contributed by atoms with Gasteiger partial charge in [0, 0.05) is 17.3 Å². The Labute approximate surface area is 176 Å². The Hall–Kier alpha value is -2.69. The Morgan fingerprint density at radius 1 is 0.900 bits per heavy atom. The Morgan fingerprint density at radius 3 is 2.23 bits per heavy atom. The van der Waals surface area contributed by atoms with E-state index in [0.29, 0.717) is 23.1 Å². The molecule has 0 saturated heterocycles. The van der Waals surface area contributed by atoms with Gasteiger partial charge in [0.05, 0.1) is 5.56 Å². The molecule has 4 aliphatic rings. The lowest BCUT2D eigenvalue weighted by atomic mass is 9.54. The highest BCUT2D eigenvalue weighted by Gasteiger charge is 2.48. The standard InChI is InChI=1S/C25H27FN2O2/c1-14-6-7-17(13-22(14)27-25(30)20-4-2-3-5-21(20)26)24(29)28-23-18-9-15-8-16(11-18)12-19(23)10-15/h2-7,13,15-16,18-19,23H,8-12H2,1H3,(H,27,30)(H,28,29). The van der Waals surface area contributed by atoms with E-state index in [-0.39, 0.29) is 17.5 Å². The number of nitrogens with one attached hydrogen (secondary N) is 2. The van der Waals surface area contributed by atoms with E-state index in [1.54, 1.807) is 24.3 Å². The van der Waals surface area contributed by atoms with Crippen molar-refractivity contribution in [1.82, 2.24) is 5.32 Å². The van der Waals surface area contributed by atoms with Crippen LogP contribution in [0.4, 0.5) is 10.1 Å². The molecule has 4 aliphatic carbocycles. The SMILES string of the molecule is Cc1ccc(C(=O)NC2C3CC4CC(C3)CC2C4)cc1NC(=O)c1ccccc1F. The van der Waals surface area contributed by atoms with Crippen LogP contribution in [-0.2, 0) is 0 Å². The maximum Gasteiger partial charge on any atom is 0.258 e. The third-order valence-electron chi connectivity index (χ3n) is 7.39. The maximum absolute atomic E-state index is 13.9. The molecule has 0 radical (unpaired) electrons. The van der Waals surface area contributed by atoms with E-state index in [2.05, 4.69) is 10.6 Å². The van der Waals surface area contributed by atoms with Crippen molar-refractivity contribution in [1.29, 1.82) is 0 Å². The predicted molar refractivity (Wildman–Crippen MR) is 114 cm³/mol. The van der Waals surface area contributed by atoms with Crippen LogP contribution in [0.3, 0.4) is 0 Å². The normalized spacial score (nSPS) is 28.9. The Kier molecular flexibility index (Phi) is 4.84. The van der Waals surface area contributed by atoms with Crippen molar-refractivity contribution in [2.75, 3.05) is 5.32 Å². The molecule has 4 nitrogen and oxygen atoms in total. The van der Waals surface area contributed by atoms with Crippen LogP contribution in [0.15, 0.2) is 42.5 Å². The summed E-state index contributed by atoms with van der Waals surface area (Å²) in [5, 5.41) is 6.07. The summed E-state index contributed by atoms with van der Waals surface area (Å²) in [7, 11) is 0. The molecule has 2 amide bonds. The average Bonchev–Trinajstić information content (AvgIpc) is 2.72. The maximum atomic E-state index is 13.9. The minimum atomic E-state index is -0.566. The van der Waals surface area contributed by atoms with E-state index in [0.717, 1.165) is 17.4 Å². The highest BCUT2D eigenvalue weighted by molar-refractivity contribution is 6.05. The van der Waals surface area contributed by atoms with Gasteiger partial charge in [0.15, 0.2) is 0 Å². The summed E-state index contributed by atoms with van der Waals surface area (Å²) in [6.45, 7) is 1.86. The first-order valence-corrected chi connectivity index (χ1v) is 11.0. The van der Waals surface area contributed by atoms with E-state index in [1.807, 2.05) is 13.0 Å². The van der Waals surface area contributed by atoms with Crippen molar-refractivity contribution >= 4 is 17.5 Å². The fraction of sp³-hybridized carbons (Fsp3) is 0.440. The molecule has 0 atom stereocenters. The zero-order chi connectivity index (χ0) is 20.8. The van der Waals surface area contributed by atoms with E-state index >= 15 is 0 Å². The van der Waals surface area contributed by atoms with Crippen LogP contribution in [0.25, 0.3) is 0 Å². The van der Waals surface area contributed by atoms with Crippen molar-refractivity contribution in [3.8, 4) is 0 Å². The molecule has 0 unspecified atom stereocenters. The topological polar surface area (TPSA) is 58.2 Å². The quantitative estimate of drug-likeness (QED) is 0.756. The van der Waals surface area contributed by atoms with Crippen molar-refractivity contribution < 1.29 is 14.0 Å². The lowest BCUT2D eigenvalue weighted by Gasteiger charge is -2.54. The third kappa shape index (κ3) is 3.51. The van der Waals surface area contributed by atoms with E-state index < -0.39 is 11.7 Å². The Balaban J connectivity index is 1.31. The molecule has 0 heterocycles. The molecule has 5 heteroatoms. The van der Waals surface area contributed by atoms with Gasteiger partial charge in [-0.3, -0.25) is 9.59 Å². The summed E-state index contributed by atoms with van der Waals surface area (Å²) in [6.07, 6.45) is 6.37. The van der Waals surface area contributed by atoms with Crippen molar-refractivity contribution in [2.24, 2.45) is 23.7 Å². The first-order chi connectivity index (χ1) is 14.5. The molecule has 4 fully saturated rings. The molecule has 30 heavy (non-hydrogen) atoms. The van der Waals surface area contributed by atoms with Crippen molar-refractivity contribution in [3.63, 3.8) is 0 Å². The summed E-state index contributed by atoms with van der Waals surface area (Å²) in [4.78, 5) is 25.5. The van der Waals surface area contributed by atoms with E-state index in [4.69, 9.17) is 0 Å². The molecule has 156 valence electrons. The number of hydrogen-bond acceptors (Lipinski definition) is 2. The number of benzene rings is 2. The molecular weight excluding hydrogens is 379 g/mol. The van der Waals surface area contributed by atoms with Gasteiger partial charge in [-0.05, 0) is 92.5 Å². The smallest absolute Gasteiger partial charge is 0.258 e. The highest BCUT2D eigenvalue weighted by Crippen LogP contribution is 2.53. The minimum absolute atomic E-state index is 0.0136. The third-order valence-corrected chi connectivity index (χ3v) is 7.39. The van der Waals surface area contributed by atoms with Crippen molar-refractivity contribution in [2.45, 2.75) is 45.1 Å². The van der Waals surface area contributed by atoms with Crippen LogP contribution in [0.2, 0.25) is 0 Å². The molecular formula is C25H27FN2O2. The number of aryl methyl sites for hydroxylation is 1. The molecule has 2 N–H and O–H groups in total. The number of carbonyl (C=O) groups excluding carboxylic acids is 2. The van der Waals surface area contributed by atoms with Crippen LogP contribution in [0, 0.1) is 36.4 Å². The fourth-order valence-electron chi connectivity index (χ4n) is 6.13. The van der Waals surface area contributed by atoms with Gasteiger partial charge in [0.2, 0.25) is 0 Å². The lowest BCUT2D eigenvalue weighted by molar-refractivity contribution is -0.0119. The van der Waals surface area contributed by atoms with E-state index in [9.17, 15) is 14.0 Å². The van der Waals surface area contributed by atoms with Crippen molar-refractivity contribution in [3.05, 3.63) is 65.0 Å². The second-order valence-electron chi connectivity index (χ2n) is 9.39. The number of hydrogen-bond donors (Lipinski definition) is 2. The lowest BCUT2D eigenvalue weighted by Crippen LogP contribution is -2.55. The van der Waals surface area contributed by atoms with Crippen LogP contribution >= 0.6 is 0 Å². The first kappa shape index (κ1) is 19.3. The minimum Gasteiger partial charge on any atom is -0.349 e. The molecule has 0 aromatic heterocycles. The monoisotopic (exact) mass is 406 g/mol. The fourth-order valence-corrected chi connectivity index (χ4v) is 6.13. The molecule has 4 saturated carbocycles. The van der Waals surface area contributed by atoms with Crippen LogP contribution in [0.5, 0.6) is 0 Å². The molecule has 4 bridgehead atoms. The second kappa shape index (κ2) is 7.53. The van der Waals surface area contributed by atoms with E-state index in [1.165, 1.54) is 44.2 Å². The molecule has 2 aromatic rings. The summed E-state index contributed by atoms with van der Waals surface area (Å²) in [5.41, 5.74) is 1.87. The van der Waals surface area contributed by atoms with Crippen LogP contribution in [-0.4, -0.2) is 17.9 Å². The second-order valence-corrected chi connectivity index (χ2v) is 9.39. The average molecular weight is 407 g/mol. The van der Waals surface area contributed by atoms with Crippen LogP contribution in [0.1, 0.15) is 58.4 Å². The summed E-state index contributed by atoms with van der Waals surface area (Å²) in [6, 6.07) is 11.5. The Morgan fingerprint density at radius 2 is 1.57 bits per heavy atom. The molecule has 6 rings (SSSR count). The van der Waals surface area contributed by atoms with Gasteiger partial charge in [0.1, 0.15) is 5.82 Å². The van der Waals surface area contributed by atoms with Crippen LogP contribution < -0.4 is 10.6 Å². The molecule has 0 spiro atoms. The van der Waals surface area contributed by atoms with Gasteiger partial charge in [0.25, 0.3) is 11.8 Å². The zero-order valence-corrected chi connectivity index (χ0v) is 17.2. The van der Waals surface area contributed by atoms with Gasteiger partial charge < -0.3 is 10.6 Å². The number of rotatable bonds is 4. The van der Waals surface area contributed by atoms with Gasteiger partial charge in [-0.15, -0.1) is 0 Å². The molecule has 0 aliphatic heterocycles. The number of halogens is 1. The van der Waals surface area contributed by atoms with Gasteiger partial charge in [-0.2, -0.15) is 0 Å². The van der Waals surface area contributed by atoms with Gasteiger partial charge in [-0.25, -0.2) is 4.39 Å². The van der Waals surface area contributed by atoms with Gasteiger partial charge >= 0.3 is 0 Å². The number of anilines is 1. The largest absolute Gasteiger partial charge is 0.349 e. The number of carbonyl (C=O) groups is 2. The predicted octanol–water partition coefficient (Wildman–Crippen LogP) is 4.94. The summed E-state index contributed by atoms with van der Waals surface area (Å²) in [5.74, 6) is 1.76. The summed E-state index contributed by atoms with van der Waals surface area (Å²) >= 11 is 0. The molecule has 2 aromatic carbocycles. The Bertz CT molecular complexity index is 974. The zero-order valence-electron chi connectivity index (χ0n) is 17.2. The highest BCUT2D eigenvalue weighted by atomic mass is 19.1. The summed E-state index contributed by atoms with van der Waals surface area (Å²) < 4.78 is 13.9.